The number of halogens is 1. The largest absolute Gasteiger partial charge is 0.455 e. The van der Waals surface area contributed by atoms with Gasteiger partial charge in [-0.15, -0.1) is 0 Å². The second-order valence-corrected chi connectivity index (χ2v) is 8.46. The SMILES string of the molecule is C[C@H]1C[C@H]1C(=O)OCC(=O)Nc1cc(S(=O)(=O)N(C)C)ccc1Cl. The van der Waals surface area contributed by atoms with Gasteiger partial charge in [-0.1, -0.05) is 18.5 Å². The molecule has 0 radical (unpaired) electrons. The molecule has 1 aromatic rings. The Bertz CT molecular complexity index is 763. The van der Waals surface area contributed by atoms with Crippen LogP contribution < -0.4 is 5.32 Å². The van der Waals surface area contributed by atoms with Crippen molar-refractivity contribution in [2.75, 3.05) is 26.0 Å². The molecular formula is C15H19ClN2O5S. The minimum Gasteiger partial charge on any atom is -0.455 e. The molecule has 24 heavy (non-hydrogen) atoms. The Kier molecular flexibility index (Phi) is 5.52. The van der Waals surface area contributed by atoms with Gasteiger partial charge in [0.1, 0.15) is 0 Å². The first-order valence-corrected chi connectivity index (χ1v) is 9.13. The number of esters is 1. The summed E-state index contributed by atoms with van der Waals surface area (Å²) in [7, 11) is -0.842. The van der Waals surface area contributed by atoms with Crippen molar-refractivity contribution in [3.8, 4) is 0 Å². The maximum atomic E-state index is 12.1. The van der Waals surface area contributed by atoms with E-state index in [9.17, 15) is 18.0 Å². The summed E-state index contributed by atoms with van der Waals surface area (Å²) in [6.45, 7) is 1.49. The zero-order valence-corrected chi connectivity index (χ0v) is 15.1. The van der Waals surface area contributed by atoms with E-state index in [1.165, 1.54) is 32.3 Å². The Labute approximate surface area is 146 Å². The number of carbonyl (C=O) groups excluding carboxylic acids is 2. The van der Waals surface area contributed by atoms with Crippen molar-refractivity contribution in [1.82, 2.24) is 4.31 Å². The molecule has 0 unspecified atom stereocenters. The molecule has 1 amide bonds. The summed E-state index contributed by atoms with van der Waals surface area (Å²) in [6.07, 6.45) is 0.775. The van der Waals surface area contributed by atoms with E-state index in [0.29, 0.717) is 5.92 Å². The first-order valence-electron chi connectivity index (χ1n) is 7.31. The van der Waals surface area contributed by atoms with Crippen molar-refractivity contribution in [3.05, 3.63) is 23.2 Å². The van der Waals surface area contributed by atoms with Gasteiger partial charge < -0.3 is 10.1 Å². The first-order chi connectivity index (χ1) is 11.1. The van der Waals surface area contributed by atoms with Crippen LogP contribution in [0.2, 0.25) is 5.02 Å². The third-order valence-electron chi connectivity index (χ3n) is 3.75. The average Bonchev–Trinajstić information content (AvgIpc) is 3.23. The van der Waals surface area contributed by atoms with E-state index >= 15 is 0 Å². The molecule has 0 saturated heterocycles. The Morgan fingerprint density at radius 2 is 2.00 bits per heavy atom. The van der Waals surface area contributed by atoms with Gasteiger partial charge in [0.2, 0.25) is 10.0 Å². The van der Waals surface area contributed by atoms with E-state index in [1.807, 2.05) is 6.92 Å². The van der Waals surface area contributed by atoms with Crippen molar-refractivity contribution in [3.63, 3.8) is 0 Å². The predicted molar refractivity (Wildman–Crippen MR) is 89.2 cm³/mol. The number of hydrogen-bond acceptors (Lipinski definition) is 5. The minimum atomic E-state index is -3.65. The summed E-state index contributed by atoms with van der Waals surface area (Å²) >= 11 is 5.98. The first kappa shape index (κ1) is 18.7. The molecule has 2 atom stereocenters. The summed E-state index contributed by atoms with van der Waals surface area (Å²) in [5, 5.41) is 2.64. The maximum absolute atomic E-state index is 12.1. The number of carbonyl (C=O) groups is 2. The lowest BCUT2D eigenvalue weighted by Crippen LogP contribution is -2.23. The third kappa shape index (κ3) is 4.25. The van der Waals surface area contributed by atoms with Crippen molar-refractivity contribution in [2.45, 2.75) is 18.2 Å². The Hall–Kier alpha value is -1.64. The second kappa shape index (κ2) is 7.08. The van der Waals surface area contributed by atoms with Gasteiger partial charge in [0.25, 0.3) is 5.91 Å². The van der Waals surface area contributed by atoms with Gasteiger partial charge in [0, 0.05) is 14.1 Å². The van der Waals surface area contributed by atoms with Gasteiger partial charge >= 0.3 is 5.97 Å². The van der Waals surface area contributed by atoms with Gasteiger partial charge in [-0.2, -0.15) is 0 Å². The fourth-order valence-electron chi connectivity index (χ4n) is 2.05. The number of sulfonamides is 1. The molecule has 7 nitrogen and oxygen atoms in total. The van der Waals surface area contributed by atoms with Crippen LogP contribution in [0.5, 0.6) is 0 Å². The summed E-state index contributed by atoms with van der Waals surface area (Å²) in [5.74, 6) is -0.816. The zero-order valence-electron chi connectivity index (χ0n) is 13.6. The number of benzene rings is 1. The summed E-state index contributed by atoms with van der Waals surface area (Å²) in [6, 6.07) is 3.99. The van der Waals surface area contributed by atoms with Crippen LogP contribution in [-0.2, 0) is 24.3 Å². The van der Waals surface area contributed by atoms with Gasteiger partial charge in [-0.25, -0.2) is 12.7 Å². The van der Waals surface area contributed by atoms with Crippen LogP contribution in [-0.4, -0.2) is 45.3 Å². The second-order valence-electron chi connectivity index (χ2n) is 5.90. The topological polar surface area (TPSA) is 92.8 Å². The lowest BCUT2D eigenvalue weighted by molar-refractivity contribution is -0.148. The van der Waals surface area contributed by atoms with E-state index in [-0.39, 0.29) is 21.5 Å². The molecule has 0 spiro atoms. The van der Waals surface area contributed by atoms with E-state index in [1.54, 1.807) is 0 Å². The van der Waals surface area contributed by atoms with E-state index in [2.05, 4.69) is 5.32 Å². The number of rotatable bonds is 6. The highest BCUT2D eigenvalue weighted by atomic mass is 35.5. The van der Waals surface area contributed by atoms with Gasteiger partial charge in [0.05, 0.1) is 21.5 Å². The number of anilines is 1. The average molecular weight is 375 g/mol. The van der Waals surface area contributed by atoms with Crippen LogP contribution in [0.4, 0.5) is 5.69 Å². The number of nitrogens with zero attached hydrogens (tertiary/aromatic N) is 1. The molecule has 1 aliphatic carbocycles. The van der Waals surface area contributed by atoms with Gasteiger partial charge in [-0.05, 0) is 30.5 Å². The Morgan fingerprint density at radius 1 is 1.38 bits per heavy atom. The molecule has 0 heterocycles. The van der Waals surface area contributed by atoms with Crippen molar-refractivity contribution in [2.24, 2.45) is 11.8 Å². The highest BCUT2D eigenvalue weighted by Gasteiger charge is 2.40. The van der Waals surface area contributed by atoms with E-state index in [4.69, 9.17) is 16.3 Å². The van der Waals surface area contributed by atoms with Crippen molar-refractivity contribution in [1.29, 1.82) is 0 Å². The third-order valence-corrected chi connectivity index (χ3v) is 5.89. The molecule has 132 valence electrons. The molecule has 0 bridgehead atoms. The smallest absolute Gasteiger partial charge is 0.309 e. The molecule has 2 rings (SSSR count). The molecule has 1 saturated carbocycles. The lowest BCUT2D eigenvalue weighted by Gasteiger charge is -2.14. The molecule has 0 aliphatic heterocycles. The monoisotopic (exact) mass is 374 g/mol. The van der Waals surface area contributed by atoms with Gasteiger partial charge in [0.15, 0.2) is 6.61 Å². The van der Waals surface area contributed by atoms with Crippen LogP contribution in [0.15, 0.2) is 23.1 Å². The van der Waals surface area contributed by atoms with Crippen LogP contribution in [0.1, 0.15) is 13.3 Å². The summed E-state index contributed by atoms with van der Waals surface area (Å²) < 4.78 is 30.2. The normalized spacial score (nSPS) is 19.9. The Morgan fingerprint density at radius 3 is 2.54 bits per heavy atom. The number of hydrogen-bond donors (Lipinski definition) is 1. The standard InChI is InChI=1S/C15H19ClN2O5S/c1-9-6-11(9)15(20)23-8-14(19)17-13-7-10(4-5-12(13)16)24(21,22)18(2)3/h4-5,7,9,11H,6,8H2,1-3H3,(H,17,19)/t9-,11+/m0/s1. The molecule has 1 aromatic carbocycles. The lowest BCUT2D eigenvalue weighted by atomic mass is 10.3. The Balaban J connectivity index is 2.03. The summed E-state index contributed by atoms with van der Waals surface area (Å²) in [5.41, 5.74) is 0.139. The van der Waals surface area contributed by atoms with Crippen molar-refractivity contribution >= 4 is 39.2 Å². The van der Waals surface area contributed by atoms with Gasteiger partial charge in [-0.3, -0.25) is 9.59 Å². The molecular weight excluding hydrogens is 356 g/mol. The molecule has 9 heteroatoms. The fourth-order valence-corrected chi connectivity index (χ4v) is 3.15. The highest BCUT2D eigenvalue weighted by molar-refractivity contribution is 7.89. The molecule has 0 aromatic heterocycles. The molecule has 1 fully saturated rings. The maximum Gasteiger partial charge on any atom is 0.309 e. The minimum absolute atomic E-state index is 0.00370. The van der Waals surface area contributed by atoms with Crippen LogP contribution in [0, 0.1) is 11.8 Å². The summed E-state index contributed by atoms with van der Waals surface area (Å²) in [4.78, 5) is 23.5. The van der Waals surface area contributed by atoms with E-state index < -0.39 is 28.5 Å². The van der Waals surface area contributed by atoms with Crippen molar-refractivity contribution < 1.29 is 22.7 Å². The number of ether oxygens (including phenoxy) is 1. The number of amides is 1. The quantitative estimate of drug-likeness (QED) is 0.765. The predicted octanol–water partition coefficient (Wildman–Crippen LogP) is 1.73. The van der Waals surface area contributed by atoms with Crippen LogP contribution in [0.3, 0.4) is 0 Å². The highest BCUT2D eigenvalue weighted by Crippen LogP contribution is 2.38. The molecule has 1 aliphatic rings. The van der Waals surface area contributed by atoms with Crippen LogP contribution in [0.25, 0.3) is 0 Å². The van der Waals surface area contributed by atoms with E-state index in [0.717, 1.165) is 10.7 Å². The molecule has 1 N–H and O–H groups in total. The number of nitrogens with one attached hydrogen (secondary N) is 1. The fraction of sp³-hybridized carbons (Fsp3) is 0.467. The van der Waals surface area contributed by atoms with Crippen LogP contribution >= 0.6 is 11.6 Å². The zero-order chi connectivity index (χ0) is 18.1.